The zero-order valence-corrected chi connectivity index (χ0v) is 18.5. The molecular formula is C22H34N3O5+. The van der Waals surface area contributed by atoms with Crippen molar-refractivity contribution in [1.29, 1.82) is 0 Å². The van der Waals surface area contributed by atoms with Gasteiger partial charge in [0.1, 0.15) is 11.3 Å². The van der Waals surface area contributed by atoms with E-state index < -0.39 is 10.5 Å². The van der Waals surface area contributed by atoms with E-state index in [1.807, 2.05) is 20.8 Å². The number of benzene rings is 1. The molecule has 1 amide bonds. The van der Waals surface area contributed by atoms with Crippen LogP contribution in [0.3, 0.4) is 0 Å². The maximum absolute atomic E-state index is 13.4. The summed E-state index contributed by atoms with van der Waals surface area (Å²) in [4.78, 5) is 24.2. The summed E-state index contributed by atoms with van der Waals surface area (Å²) in [6.07, 6.45) is 3.93. The highest BCUT2D eigenvalue weighted by molar-refractivity contribution is 5.83. The molecule has 2 aliphatic heterocycles. The fourth-order valence-electron chi connectivity index (χ4n) is 4.79. The minimum absolute atomic E-state index is 0.0487. The highest BCUT2D eigenvalue weighted by Gasteiger charge is 2.47. The second kappa shape index (κ2) is 8.89. The molecule has 0 aliphatic carbocycles. The molecule has 2 aliphatic rings. The molecule has 8 heteroatoms. The Balaban J connectivity index is 1.92. The molecule has 30 heavy (non-hydrogen) atoms. The summed E-state index contributed by atoms with van der Waals surface area (Å²) in [6.45, 7) is 8.97. The summed E-state index contributed by atoms with van der Waals surface area (Å²) in [6, 6.07) is 4.74. The number of amides is 1. The maximum atomic E-state index is 13.4. The van der Waals surface area contributed by atoms with Crippen LogP contribution in [0.15, 0.2) is 18.2 Å². The molecule has 2 saturated heterocycles. The van der Waals surface area contributed by atoms with Crippen molar-refractivity contribution in [3.05, 3.63) is 28.3 Å². The second-order valence-electron chi connectivity index (χ2n) is 9.43. The van der Waals surface area contributed by atoms with Crippen molar-refractivity contribution >= 4 is 17.5 Å². The number of rotatable bonds is 4. The zero-order chi connectivity index (χ0) is 21.9. The monoisotopic (exact) mass is 420 g/mol. The number of carbonyl (C=O) groups excluding carboxylic acids is 1. The zero-order valence-electron chi connectivity index (χ0n) is 18.5. The highest BCUT2D eigenvalue weighted by atomic mass is 16.6. The van der Waals surface area contributed by atoms with Crippen LogP contribution in [0, 0.1) is 22.0 Å². The lowest BCUT2D eigenvalue weighted by molar-refractivity contribution is -0.385. The molecule has 1 aromatic carbocycles. The van der Waals surface area contributed by atoms with E-state index in [4.69, 9.17) is 9.47 Å². The third kappa shape index (κ3) is 4.75. The Hall–Kier alpha value is -2.19. The number of hydrogen-bond acceptors (Lipinski definition) is 6. The van der Waals surface area contributed by atoms with Crippen LogP contribution in [0.4, 0.5) is 16.2 Å². The first kappa shape index (κ1) is 22.5. The van der Waals surface area contributed by atoms with Crippen LogP contribution < -0.4 is 14.5 Å². The lowest BCUT2D eigenvalue weighted by Gasteiger charge is -2.43. The molecule has 0 bridgehead atoms. The van der Waals surface area contributed by atoms with E-state index in [-0.39, 0.29) is 22.0 Å². The van der Waals surface area contributed by atoms with E-state index in [0.717, 1.165) is 25.9 Å². The summed E-state index contributed by atoms with van der Waals surface area (Å²) in [5.41, 5.74) is -0.0253. The number of likely N-dealkylation sites (tertiary alicyclic amines) is 1. The number of nitrogens with one attached hydrogen (secondary N) is 1. The summed E-state index contributed by atoms with van der Waals surface area (Å²) in [5, 5.41) is 14.7. The smallest absolute Gasteiger partial charge is 0.490 e. The van der Waals surface area contributed by atoms with Crippen LogP contribution in [-0.4, -0.2) is 49.9 Å². The van der Waals surface area contributed by atoms with Gasteiger partial charge in [0, 0.05) is 31.0 Å². The van der Waals surface area contributed by atoms with Gasteiger partial charge in [-0.15, -0.1) is 0 Å². The molecule has 166 valence electrons. The van der Waals surface area contributed by atoms with E-state index in [1.165, 1.54) is 26.0 Å². The van der Waals surface area contributed by atoms with E-state index in [2.05, 4.69) is 5.32 Å². The standard InChI is InChI=1S/C22H34N3O5/c1-22(2,3)30-21(26)25(18-5-6-19(24(27)28)20(15-18)29-4)13-9-17(10-14-25)16-7-11-23-12-8-16/h5-6,15-17,23H,7-14H2,1-4H3/q+1. The molecular weight excluding hydrogens is 386 g/mol. The molecule has 0 atom stereocenters. The Kier molecular flexibility index (Phi) is 6.67. The SMILES string of the molecule is COc1cc([N+]2(C(=O)OC(C)(C)C)CCC(C3CCNCC3)CC2)ccc1[N+](=O)[O-]. The van der Waals surface area contributed by atoms with Gasteiger partial charge in [-0.2, -0.15) is 9.28 Å². The minimum atomic E-state index is -0.612. The number of carbonyl (C=O) groups is 1. The summed E-state index contributed by atoms with van der Waals surface area (Å²) in [5.74, 6) is 1.46. The molecule has 0 saturated carbocycles. The van der Waals surface area contributed by atoms with E-state index in [0.29, 0.717) is 30.6 Å². The fourth-order valence-corrected chi connectivity index (χ4v) is 4.79. The number of nitro groups is 1. The van der Waals surface area contributed by atoms with Crippen LogP contribution in [0.1, 0.15) is 46.5 Å². The van der Waals surface area contributed by atoms with Crippen molar-refractivity contribution < 1.29 is 19.2 Å². The summed E-state index contributed by atoms with van der Waals surface area (Å²) < 4.78 is 11.1. The van der Waals surface area contributed by atoms with E-state index in [9.17, 15) is 14.9 Å². The Morgan fingerprint density at radius 2 is 1.73 bits per heavy atom. The van der Waals surface area contributed by atoms with Crippen LogP contribution in [0.25, 0.3) is 0 Å². The Morgan fingerprint density at radius 3 is 2.27 bits per heavy atom. The van der Waals surface area contributed by atoms with Gasteiger partial charge in [-0.1, -0.05) is 0 Å². The maximum Gasteiger partial charge on any atom is 0.521 e. The van der Waals surface area contributed by atoms with Gasteiger partial charge in [0.05, 0.1) is 25.1 Å². The largest absolute Gasteiger partial charge is 0.521 e. The van der Waals surface area contributed by atoms with Gasteiger partial charge in [0.25, 0.3) is 0 Å². The van der Waals surface area contributed by atoms with Gasteiger partial charge in [0.2, 0.25) is 5.75 Å². The van der Waals surface area contributed by atoms with Crippen molar-refractivity contribution in [3.63, 3.8) is 0 Å². The molecule has 0 radical (unpaired) electrons. The third-order valence-electron chi connectivity index (χ3n) is 6.41. The molecule has 8 nitrogen and oxygen atoms in total. The lowest BCUT2D eigenvalue weighted by atomic mass is 9.78. The van der Waals surface area contributed by atoms with Gasteiger partial charge in [-0.05, 0) is 58.5 Å². The Bertz CT molecular complexity index is 775. The van der Waals surface area contributed by atoms with Crippen molar-refractivity contribution in [2.24, 2.45) is 11.8 Å². The van der Waals surface area contributed by atoms with Crippen molar-refractivity contribution in [3.8, 4) is 5.75 Å². The van der Waals surface area contributed by atoms with Gasteiger partial charge in [-0.25, -0.2) is 0 Å². The predicted octanol–water partition coefficient (Wildman–Crippen LogP) is 4.26. The predicted molar refractivity (Wildman–Crippen MR) is 116 cm³/mol. The molecule has 2 heterocycles. The number of methoxy groups -OCH3 is 1. The topological polar surface area (TPSA) is 90.7 Å². The van der Waals surface area contributed by atoms with Gasteiger partial charge in [0.15, 0.2) is 0 Å². The molecule has 0 spiro atoms. The summed E-state index contributed by atoms with van der Waals surface area (Å²) >= 11 is 0. The molecule has 3 rings (SSSR count). The third-order valence-corrected chi connectivity index (χ3v) is 6.41. The first-order valence-corrected chi connectivity index (χ1v) is 10.8. The Labute approximate surface area is 178 Å². The average molecular weight is 421 g/mol. The minimum Gasteiger partial charge on any atom is -0.490 e. The van der Waals surface area contributed by atoms with E-state index in [1.54, 1.807) is 12.1 Å². The van der Waals surface area contributed by atoms with Crippen molar-refractivity contribution in [2.75, 3.05) is 33.3 Å². The number of piperidine rings is 2. The molecule has 2 fully saturated rings. The Morgan fingerprint density at radius 1 is 1.13 bits per heavy atom. The van der Waals surface area contributed by atoms with Crippen LogP contribution in [-0.2, 0) is 4.74 Å². The summed E-state index contributed by atoms with van der Waals surface area (Å²) in [7, 11) is 1.41. The first-order chi connectivity index (χ1) is 14.2. The molecule has 0 aromatic heterocycles. The van der Waals surface area contributed by atoms with Crippen LogP contribution >= 0.6 is 0 Å². The number of quaternary nitrogens is 1. The average Bonchev–Trinajstić information content (AvgIpc) is 2.72. The number of nitro benzene ring substituents is 1. The van der Waals surface area contributed by atoms with Gasteiger partial charge < -0.3 is 14.8 Å². The number of hydrogen-bond donors (Lipinski definition) is 1. The van der Waals surface area contributed by atoms with Crippen molar-refractivity contribution in [1.82, 2.24) is 9.80 Å². The van der Waals surface area contributed by atoms with Gasteiger partial charge in [-0.3, -0.25) is 10.1 Å². The first-order valence-electron chi connectivity index (χ1n) is 10.8. The van der Waals surface area contributed by atoms with Crippen LogP contribution in [0.2, 0.25) is 0 Å². The lowest BCUT2D eigenvalue weighted by Crippen LogP contribution is -2.60. The van der Waals surface area contributed by atoms with Crippen molar-refractivity contribution in [2.45, 2.75) is 52.1 Å². The number of ether oxygens (including phenoxy) is 2. The quantitative estimate of drug-likeness (QED) is 0.445. The van der Waals surface area contributed by atoms with Crippen LogP contribution in [0.5, 0.6) is 5.75 Å². The van der Waals surface area contributed by atoms with Gasteiger partial charge >= 0.3 is 11.8 Å². The number of nitrogens with zero attached hydrogens (tertiary/aromatic N) is 2. The normalized spacial score (nSPS) is 25.5. The second-order valence-corrected chi connectivity index (χ2v) is 9.43. The molecule has 1 aromatic rings. The fraction of sp³-hybridized carbons (Fsp3) is 0.682. The molecule has 0 unspecified atom stereocenters. The molecule has 1 N–H and O–H groups in total. The van der Waals surface area contributed by atoms with E-state index >= 15 is 0 Å². The highest BCUT2D eigenvalue weighted by Crippen LogP contribution is 2.41.